The minimum Gasteiger partial charge on any atom is -0.344 e. The Bertz CT molecular complexity index is 218. The number of hydrogen-bond donors (Lipinski definition) is 1. The lowest BCUT2D eigenvalue weighted by Crippen LogP contribution is -2.23. The first-order chi connectivity index (χ1) is 7.21. The molecule has 0 aromatic heterocycles. The second kappa shape index (κ2) is 5.01. The van der Waals surface area contributed by atoms with Gasteiger partial charge in [-0.25, -0.2) is 0 Å². The lowest BCUT2D eigenvalue weighted by molar-refractivity contribution is 0.386. The smallest absolute Gasteiger partial charge is 0.206 e. The summed E-state index contributed by atoms with van der Waals surface area (Å²) < 4.78 is 12.5. The maximum absolute atomic E-state index is 12.5. The van der Waals surface area contributed by atoms with E-state index in [2.05, 4.69) is 0 Å². The monoisotopic (exact) mass is 230 g/mol. The van der Waals surface area contributed by atoms with Crippen LogP contribution in [0.3, 0.4) is 0 Å². The summed E-state index contributed by atoms with van der Waals surface area (Å²) >= 11 is 0. The topological polar surface area (TPSA) is 37.3 Å². The first kappa shape index (κ1) is 11.7. The Balaban J connectivity index is 1.99. The van der Waals surface area contributed by atoms with Gasteiger partial charge in [-0.05, 0) is 25.7 Å². The van der Waals surface area contributed by atoms with Crippen LogP contribution in [0.2, 0.25) is 0 Å². The van der Waals surface area contributed by atoms with Gasteiger partial charge in [0, 0.05) is 11.3 Å². The highest BCUT2D eigenvalue weighted by molar-refractivity contribution is 7.59. The number of rotatable bonds is 2. The van der Waals surface area contributed by atoms with E-state index in [0.29, 0.717) is 0 Å². The molecular formula is C12H23O2P. The molecule has 2 saturated carbocycles. The van der Waals surface area contributed by atoms with Crippen molar-refractivity contribution in [1.82, 2.24) is 0 Å². The fourth-order valence-corrected chi connectivity index (χ4v) is 6.01. The molecular weight excluding hydrogens is 207 g/mol. The van der Waals surface area contributed by atoms with Gasteiger partial charge in [0.25, 0.3) is 0 Å². The summed E-state index contributed by atoms with van der Waals surface area (Å²) in [5.74, 6) is 0. The molecule has 2 fully saturated rings. The second-order valence-electron chi connectivity index (χ2n) is 5.26. The van der Waals surface area contributed by atoms with Gasteiger partial charge in [-0.2, -0.15) is 0 Å². The third kappa shape index (κ3) is 2.65. The molecule has 0 bridgehead atoms. The molecule has 0 aromatic carbocycles. The maximum Gasteiger partial charge on any atom is 0.206 e. The molecule has 0 heterocycles. The Hall–Kier alpha value is 0.190. The second-order valence-corrected chi connectivity index (χ2v) is 8.06. The van der Waals surface area contributed by atoms with Gasteiger partial charge in [0.15, 0.2) is 0 Å². The molecule has 0 atom stereocenters. The van der Waals surface area contributed by atoms with E-state index in [1.165, 1.54) is 38.5 Å². The minimum absolute atomic E-state index is 0.148. The van der Waals surface area contributed by atoms with E-state index in [1.807, 2.05) is 0 Å². The summed E-state index contributed by atoms with van der Waals surface area (Å²) in [4.78, 5) is 10.3. The molecule has 1 N–H and O–H groups in total. The van der Waals surface area contributed by atoms with Crippen molar-refractivity contribution in [3.63, 3.8) is 0 Å². The van der Waals surface area contributed by atoms with Gasteiger partial charge in [0.2, 0.25) is 7.37 Å². The normalized spacial score (nSPS) is 26.7. The zero-order valence-corrected chi connectivity index (χ0v) is 10.4. The van der Waals surface area contributed by atoms with Crippen molar-refractivity contribution < 1.29 is 9.46 Å². The Morgan fingerprint density at radius 2 is 1.07 bits per heavy atom. The molecule has 2 nitrogen and oxygen atoms in total. The SMILES string of the molecule is O=P(O)(C1CCCCC1)C1CCCCC1. The van der Waals surface area contributed by atoms with E-state index in [4.69, 9.17) is 0 Å². The van der Waals surface area contributed by atoms with Crippen LogP contribution < -0.4 is 0 Å². The molecule has 2 aliphatic carbocycles. The molecule has 0 saturated heterocycles. The van der Waals surface area contributed by atoms with E-state index < -0.39 is 7.37 Å². The Labute approximate surface area is 92.9 Å². The molecule has 15 heavy (non-hydrogen) atoms. The highest BCUT2D eigenvalue weighted by Crippen LogP contribution is 2.59. The average molecular weight is 230 g/mol. The molecule has 0 unspecified atom stereocenters. The molecule has 2 rings (SSSR count). The fraction of sp³-hybridized carbons (Fsp3) is 1.00. The summed E-state index contributed by atoms with van der Waals surface area (Å²) in [6.07, 6.45) is 11.2. The van der Waals surface area contributed by atoms with E-state index in [0.717, 1.165) is 25.7 Å². The van der Waals surface area contributed by atoms with Crippen molar-refractivity contribution in [1.29, 1.82) is 0 Å². The number of hydrogen-bond acceptors (Lipinski definition) is 1. The van der Waals surface area contributed by atoms with Crippen LogP contribution in [0.25, 0.3) is 0 Å². The zero-order valence-electron chi connectivity index (χ0n) is 9.53. The van der Waals surface area contributed by atoms with Crippen LogP contribution in [-0.2, 0) is 4.57 Å². The van der Waals surface area contributed by atoms with Crippen LogP contribution in [0.5, 0.6) is 0 Å². The quantitative estimate of drug-likeness (QED) is 0.730. The molecule has 88 valence electrons. The van der Waals surface area contributed by atoms with Gasteiger partial charge in [-0.3, -0.25) is 4.57 Å². The van der Waals surface area contributed by atoms with Gasteiger partial charge < -0.3 is 4.89 Å². The summed E-state index contributed by atoms with van der Waals surface area (Å²) in [5.41, 5.74) is 0.295. The highest BCUT2D eigenvalue weighted by Gasteiger charge is 2.39. The van der Waals surface area contributed by atoms with Gasteiger partial charge in [0.05, 0.1) is 0 Å². The molecule has 0 aromatic rings. The predicted molar refractivity (Wildman–Crippen MR) is 63.6 cm³/mol. The lowest BCUT2D eigenvalue weighted by Gasteiger charge is -2.34. The van der Waals surface area contributed by atoms with Crippen molar-refractivity contribution in [2.45, 2.75) is 75.5 Å². The van der Waals surface area contributed by atoms with Gasteiger partial charge in [-0.1, -0.05) is 38.5 Å². The Kier molecular flexibility index (Phi) is 3.90. The van der Waals surface area contributed by atoms with Crippen LogP contribution in [0, 0.1) is 0 Å². The molecule has 0 amide bonds. The van der Waals surface area contributed by atoms with Crippen molar-refractivity contribution in [2.24, 2.45) is 0 Å². The van der Waals surface area contributed by atoms with E-state index in [-0.39, 0.29) is 11.3 Å². The Morgan fingerprint density at radius 1 is 0.733 bits per heavy atom. The third-order valence-corrected chi connectivity index (χ3v) is 7.32. The van der Waals surface area contributed by atoms with Crippen molar-refractivity contribution in [3.05, 3.63) is 0 Å². The molecule has 0 radical (unpaired) electrons. The standard InChI is InChI=1S/C12H23O2P/c13-15(14,11-7-3-1-4-8-11)12-9-5-2-6-10-12/h11-12H,1-10H2,(H,13,14). The predicted octanol–water partition coefficient (Wildman–Crippen LogP) is 3.92. The maximum atomic E-state index is 12.5. The average Bonchev–Trinajstić information content (AvgIpc) is 2.31. The van der Waals surface area contributed by atoms with E-state index in [9.17, 15) is 9.46 Å². The van der Waals surface area contributed by atoms with Crippen LogP contribution >= 0.6 is 7.37 Å². The summed E-state index contributed by atoms with van der Waals surface area (Å²) in [6, 6.07) is 0. The zero-order chi connectivity index (χ0) is 10.7. The first-order valence-corrected chi connectivity index (χ1v) is 8.33. The third-order valence-electron chi connectivity index (χ3n) is 4.20. The van der Waals surface area contributed by atoms with Gasteiger partial charge in [0.1, 0.15) is 0 Å². The van der Waals surface area contributed by atoms with Crippen molar-refractivity contribution in [3.8, 4) is 0 Å². The first-order valence-electron chi connectivity index (χ1n) is 6.53. The largest absolute Gasteiger partial charge is 0.344 e. The van der Waals surface area contributed by atoms with Crippen LogP contribution in [0.15, 0.2) is 0 Å². The van der Waals surface area contributed by atoms with E-state index >= 15 is 0 Å². The van der Waals surface area contributed by atoms with Crippen LogP contribution in [0.4, 0.5) is 0 Å². The summed E-state index contributed by atoms with van der Waals surface area (Å²) in [6.45, 7) is 0. The fourth-order valence-electron chi connectivity index (χ4n) is 3.20. The van der Waals surface area contributed by atoms with E-state index in [1.54, 1.807) is 0 Å². The summed E-state index contributed by atoms with van der Waals surface area (Å²) in [5, 5.41) is 0. The van der Waals surface area contributed by atoms with Gasteiger partial charge >= 0.3 is 0 Å². The van der Waals surface area contributed by atoms with Crippen LogP contribution in [-0.4, -0.2) is 16.2 Å². The van der Waals surface area contributed by atoms with Gasteiger partial charge in [-0.15, -0.1) is 0 Å². The van der Waals surface area contributed by atoms with Crippen LogP contribution in [0.1, 0.15) is 64.2 Å². The van der Waals surface area contributed by atoms with Crippen molar-refractivity contribution in [2.75, 3.05) is 0 Å². The molecule has 2 aliphatic rings. The molecule has 0 spiro atoms. The Morgan fingerprint density at radius 3 is 1.40 bits per heavy atom. The highest BCUT2D eigenvalue weighted by atomic mass is 31.2. The lowest BCUT2D eigenvalue weighted by atomic mass is 10.00. The molecule has 0 aliphatic heterocycles. The summed E-state index contributed by atoms with van der Waals surface area (Å²) in [7, 11) is -2.84. The minimum atomic E-state index is -2.84. The van der Waals surface area contributed by atoms with Crippen molar-refractivity contribution >= 4 is 7.37 Å². The molecule has 3 heteroatoms.